The number of rotatable bonds is 7. The molecular weight excluding hydrogens is 336 g/mol. The molecule has 0 atom stereocenters. The van der Waals surface area contributed by atoms with Gasteiger partial charge in [-0.05, 0) is 61.2 Å². The van der Waals surface area contributed by atoms with Crippen LogP contribution in [0.4, 0.5) is 0 Å². The molecule has 0 bridgehead atoms. The van der Waals surface area contributed by atoms with E-state index in [0.29, 0.717) is 6.61 Å². The van der Waals surface area contributed by atoms with Crippen molar-refractivity contribution in [1.29, 1.82) is 0 Å². The second-order valence-corrected chi connectivity index (χ2v) is 8.79. The molecule has 132 valence electrons. The molecule has 3 aromatic carbocycles. The second kappa shape index (κ2) is 8.03. The van der Waals surface area contributed by atoms with Crippen molar-refractivity contribution in [2.75, 3.05) is 6.61 Å². The largest absolute Gasteiger partial charge is 0.396 e. The maximum atomic E-state index is 8.86. The molecular formula is C24H25OS+. The Hall–Kier alpha value is -2.16. The van der Waals surface area contributed by atoms with E-state index < -0.39 is 0 Å². The topological polar surface area (TPSA) is 20.2 Å². The maximum absolute atomic E-state index is 8.86. The Bertz CT molecular complexity index is 945. The summed E-state index contributed by atoms with van der Waals surface area (Å²) in [6.45, 7) is 0.319. The van der Waals surface area contributed by atoms with Gasteiger partial charge in [-0.1, -0.05) is 49.2 Å². The van der Waals surface area contributed by atoms with Crippen LogP contribution >= 0.6 is 10.5 Å². The number of thiophene rings is 1. The van der Waals surface area contributed by atoms with Crippen LogP contribution in [0.5, 0.6) is 0 Å². The van der Waals surface area contributed by atoms with Gasteiger partial charge in [0.25, 0.3) is 0 Å². The minimum Gasteiger partial charge on any atom is -0.396 e. The Morgan fingerprint density at radius 2 is 1.19 bits per heavy atom. The Labute approximate surface area is 157 Å². The van der Waals surface area contributed by atoms with E-state index in [1.54, 1.807) is 0 Å². The Morgan fingerprint density at radius 3 is 1.81 bits per heavy atom. The van der Waals surface area contributed by atoms with Gasteiger partial charge < -0.3 is 5.11 Å². The van der Waals surface area contributed by atoms with Crippen LogP contribution in [0.1, 0.15) is 31.2 Å². The number of aliphatic hydroxyl groups excluding tert-OH is 1. The van der Waals surface area contributed by atoms with Crippen LogP contribution in [-0.4, -0.2) is 11.7 Å². The van der Waals surface area contributed by atoms with Crippen molar-refractivity contribution >= 4 is 30.6 Å². The molecule has 1 nitrogen and oxygen atoms in total. The number of fused-ring (bicyclic) bond motifs is 3. The third kappa shape index (κ3) is 3.40. The van der Waals surface area contributed by atoms with Crippen LogP contribution < -0.4 is 0 Å². The highest BCUT2D eigenvalue weighted by molar-refractivity contribution is 7.50. The maximum Gasteiger partial charge on any atom is 0.187 e. The Morgan fingerprint density at radius 1 is 0.615 bits per heavy atom. The standard InChI is InChI=1S/C24H25OS/c25-18-8-2-1-3-9-19-14-16-20(17-15-19)26-23-12-6-4-10-21(23)22-11-5-7-13-24(22)26/h4-7,10-17,25H,1-3,8-9,18H2/q+1. The van der Waals surface area contributed by atoms with E-state index in [1.807, 2.05) is 0 Å². The van der Waals surface area contributed by atoms with Gasteiger partial charge in [0.15, 0.2) is 14.3 Å². The zero-order valence-electron chi connectivity index (χ0n) is 15.0. The molecule has 0 fully saturated rings. The molecule has 2 heteroatoms. The highest BCUT2D eigenvalue weighted by Gasteiger charge is 2.22. The molecule has 0 amide bonds. The van der Waals surface area contributed by atoms with Gasteiger partial charge in [0, 0.05) is 27.8 Å². The van der Waals surface area contributed by atoms with Gasteiger partial charge in [-0.25, -0.2) is 0 Å². The monoisotopic (exact) mass is 361 g/mol. The SMILES string of the molecule is OCCCCCCc1ccc(-[s+]2c3ccccc3c3ccccc32)cc1. The third-order valence-electron chi connectivity index (χ3n) is 5.04. The smallest absolute Gasteiger partial charge is 0.187 e. The summed E-state index contributed by atoms with van der Waals surface area (Å²) >= 11 is 0. The van der Waals surface area contributed by atoms with E-state index in [1.165, 1.54) is 43.5 Å². The molecule has 1 heterocycles. The third-order valence-corrected chi connectivity index (χ3v) is 7.37. The lowest BCUT2D eigenvalue weighted by atomic mass is 10.1. The van der Waals surface area contributed by atoms with E-state index in [2.05, 4.69) is 72.8 Å². The molecule has 0 spiro atoms. The van der Waals surface area contributed by atoms with Crippen LogP contribution in [0.3, 0.4) is 0 Å². The van der Waals surface area contributed by atoms with Crippen molar-refractivity contribution < 1.29 is 5.11 Å². The number of aliphatic hydroxyl groups is 1. The molecule has 0 saturated heterocycles. The highest BCUT2D eigenvalue weighted by atomic mass is 32.2. The fraction of sp³-hybridized carbons (Fsp3) is 0.250. The van der Waals surface area contributed by atoms with E-state index >= 15 is 0 Å². The van der Waals surface area contributed by atoms with E-state index in [0.717, 1.165) is 19.3 Å². The summed E-state index contributed by atoms with van der Waals surface area (Å²) in [7, 11) is 0.0134. The number of unbranched alkanes of at least 4 members (excludes halogenated alkanes) is 3. The normalized spacial score (nSPS) is 11.4. The predicted octanol–water partition coefficient (Wildman–Crippen LogP) is 6.83. The minimum atomic E-state index is 0.0134. The molecule has 0 aliphatic heterocycles. The molecule has 0 aliphatic rings. The lowest BCUT2D eigenvalue weighted by Crippen LogP contribution is -1.87. The molecule has 0 saturated carbocycles. The molecule has 0 aliphatic carbocycles. The van der Waals surface area contributed by atoms with Crippen LogP contribution in [0, 0.1) is 0 Å². The van der Waals surface area contributed by atoms with Gasteiger partial charge in [-0.15, -0.1) is 0 Å². The van der Waals surface area contributed by atoms with Gasteiger partial charge in [0.2, 0.25) is 0 Å². The molecule has 4 aromatic rings. The first kappa shape index (κ1) is 17.3. The number of benzene rings is 3. The zero-order chi connectivity index (χ0) is 17.8. The molecule has 4 rings (SSSR count). The fourth-order valence-electron chi connectivity index (χ4n) is 3.69. The molecule has 0 radical (unpaired) electrons. The van der Waals surface area contributed by atoms with Crippen LogP contribution in [0.25, 0.3) is 25.1 Å². The van der Waals surface area contributed by atoms with Crippen molar-refractivity contribution in [1.82, 2.24) is 0 Å². The summed E-state index contributed by atoms with van der Waals surface area (Å²) in [4.78, 5) is 1.41. The lowest BCUT2D eigenvalue weighted by molar-refractivity contribution is 0.282. The van der Waals surface area contributed by atoms with Crippen molar-refractivity contribution in [3.05, 3.63) is 78.4 Å². The summed E-state index contributed by atoms with van der Waals surface area (Å²) in [5.41, 5.74) is 1.42. The first-order valence-electron chi connectivity index (χ1n) is 9.51. The number of aryl methyl sites for hydroxylation is 1. The van der Waals surface area contributed by atoms with E-state index in [-0.39, 0.29) is 10.5 Å². The lowest BCUT2D eigenvalue weighted by Gasteiger charge is -2.02. The fourth-order valence-corrected chi connectivity index (χ4v) is 6.07. The minimum absolute atomic E-state index is 0.0134. The second-order valence-electron chi connectivity index (χ2n) is 6.83. The van der Waals surface area contributed by atoms with Gasteiger partial charge in [0.05, 0.1) is 0 Å². The van der Waals surface area contributed by atoms with Crippen molar-refractivity contribution in [2.45, 2.75) is 32.1 Å². The van der Waals surface area contributed by atoms with Crippen molar-refractivity contribution in [2.24, 2.45) is 0 Å². The predicted molar refractivity (Wildman–Crippen MR) is 115 cm³/mol. The zero-order valence-corrected chi connectivity index (χ0v) is 15.8. The quantitative estimate of drug-likeness (QED) is 0.283. The Kier molecular flexibility index (Phi) is 5.33. The van der Waals surface area contributed by atoms with Gasteiger partial charge in [-0.3, -0.25) is 0 Å². The summed E-state index contributed by atoms with van der Waals surface area (Å²) in [5.74, 6) is 0. The van der Waals surface area contributed by atoms with Crippen LogP contribution in [0.15, 0.2) is 72.8 Å². The van der Waals surface area contributed by atoms with Gasteiger partial charge >= 0.3 is 0 Å². The van der Waals surface area contributed by atoms with Gasteiger partial charge in [0.1, 0.15) is 0 Å². The highest BCUT2D eigenvalue weighted by Crippen LogP contribution is 2.48. The van der Waals surface area contributed by atoms with Crippen LogP contribution in [-0.2, 0) is 6.42 Å². The first-order chi connectivity index (χ1) is 12.9. The average Bonchev–Trinajstić information content (AvgIpc) is 3.03. The molecule has 1 aromatic heterocycles. The number of hydrogen-bond acceptors (Lipinski definition) is 1. The van der Waals surface area contributed by atoms with E-state index in [9.17, 15) is 0 Å². The van der Waals surface area contributed by atoms with Crippen LogP contribution in [0.2, 0.25) is 0 Å². The number of hydrogen-bond donors (Lipinski definition) is 1. The first-order valence-corrected chi connectivity index (χ1v) is 10.7. The molecule has 0 unspecified atom stereocenters. The summed E-state index contributed by atoms with van der Waals surface area (Å²) in [5, 5.41) is 11.6. The van der Waals surface area contributed by atoms with Crippen molar-refractivity contribution in [3.63, 3.8) is 0 Å². The van der Waals surface area contributed by atoms with E-state index in [4.69, 9.17) is 5.11 Å². The Balaban J connectivity index is 1.63. The summed E-state index contributed by atoms with van der Waals surface area (Å²) in [6, 6.07) is 26.9. The summed E-state index contributed by atoms with van der Waals surface area (Å²) in [6.07, 6.45) is 5.60. The molecule has 26 heavy (non-hydrogen) atoms. The average molecular weight is 362 g/mol. The van der Waals surface area contributed by atoms with Gasteiger partial charge in [-0.2, -0.15) is 0 Å². The summed E-state index contributed by atoms with van der Waals surface area (Å²) < 4.78 is 2.90. The molecule has 1 N–H and O–H groups in total. The van der Waals surface area contributed by atoms with Crippen molar-refractivity contribution in [3.8, 4) is 4.90 Å².